The van der Waals surface area contributed by atoms with Crippen molar-refractivity contribution in [3.8, 4) is 11.5 Å². The first kappa shape index (κ1) is 32.4. The van der Waals surface area contributed by atoms with Crippen LogP contribution in [0.3, 0.4) is 0 Å². The zero-order valence-corrected chi connectivity index (χ0v) is 25.2. The zero-order chi connectivity index (χ0) is 31.0. The zero-order valence-electron chi connectivity index (χ0n) is 25.2. The first-order chi connectivity index (χ1) is 19.8. The number of fused-ring (bicyclic) bond motifs is 1. The third kappa shape index (κ3) is 8.69. The molecule has 3 unspecified atom stereocenters. The van der Waals surface area contributed by atoms with Crippen LogP contribution in [0.5, 0.6) is 11.5 Å². The number of hydrogen-bond acceptors (Lipinski definition) is 7. The molecule has 0 spiro atoms. The molecule has 42 heavy (non-hydrogen) atoms. The Morgan fingerprint density at radius 3 is 2.29 bits per heavy atom. The van der Waals surface area contributed by atoms with E-state index in [-0.39, 0.29) is 55.0 Å². The summed E-state index contributed by atoms with van der Waals surface area (Å²) in [4.78, 5) is 53.8. The average Bonchev–Trinajstić information content (AvgIpc) is 2.96. The van der Waals surface area contributed by atoms with E-state index in [4.69, 9.17) is 14.7 Å². The van der Waals surface area contributed by atoms with Gasteiger partial charge in [0, 0.05) is 25.1 Å². The van der Waals surface area contributed by atoms with Crippen molar-refractivity contribution in [3.63, 3.8) is 0 Å². The molecule has 3 atom stereocenters. The molecule has 1 heterocycles. The Hall–Kier alpha value is -4.12. The van der Waals surface area contributed by atoms with Crippen molar-refractivity contribution in [2.45, 2.75) is 72.5 Å². The number of ether oxygens (including phenoxy) is 2. The number of amides is 4. The fraction of sp³-hybridized carbons (Fsp3) is 0.484. The number of hydroxylamine groups is 1. The predicted molar refractivity (Wildman–Crippen MR) is 157 cm³/mol. The molecule has 0 aromatic heterocycles. The molecular weight excluding hydrogens is 540 g/mol. The quantitative estimate of drug-likeness (QED) is 0.235. The molecule has 0 bridgehead atoms. The third-order valence-electron chi connectivity index (χ3n) is 7.23. The molecule has 11 heteroatoms. The lowest BCUT2D eigenvalue weighted by atomic mass is 9.89. The van der Waals surface area contributed by atoms with Gasteiger partial charge in [-0.1, -0.05) is 47.1 Å². The van der Waals surface area contributed by atoms with Crippen LogP contribution < -0.4 is 25.6 Å². The molecule has 0 saturated carbocycles. The molecular formula is C31H42N4O7. The predicted octanol–water partition coefficient (Wildman–Crippen LogP) is 3.44. The molecule has 11 nitrogen and oxygen atoms in total. The maximum atomic E-state index is 14.2. The summed E-state index contributed by atoms with van der Waals surface area (Å²) in [5.41, 5.74) is 3.42. The van der Waals surface area contributed by atoms with Gasteiger partial charge < -0.3 is 25.0 Å². The van der Waals surface area contributed by atoms with Crippen LogP contribution >= 0.6 is 0 Å². The van der Waals surface area contributed by atoms with Gasteiger partial charge >= 0.3 is 0 Å². The van der Waals surface area contributed by atoms with Gasteiger partial charge in [0.2, 0.25) is 17.7 Å². The minimum Gasteiger partial charge on any atom is -0.497 e. The lowest BCUT2D eigenvalue weighted by Gasteiger charge is -2.39. The van der Waals surface area contributed by atoms with E-state index in [0.29, 0.717) is 23.6 Å². The number of hydrogen-bond donors (Lipinski definition) is 4. The standard InChI is InChI=1S/C31H42N4O7/c1-7-19(2)28(33-26(36)16-31(3,4)5)30(39)35-17-21-14-24(42-18-27(37)34-40)11-8-20(21)15-25(35)29(38)32-22-9-12-23(41-6)13-10-22/h8-14,19,25,28,40H,7,15-18H2,1-6H3,(H,32,38)(H,33,36)(H,34,37). The molecule has 4 amide bonds. The minimum atomic E-state index is -0.842. The van der Waals surface area contributed by atoms with E-state index in [1.54, 1.807) is 49.6 Å². The second-order valence-electron chi connectivity index (χ2n) is 11.8. The monoisotopic (exact) mass is 582 g/mol. The minimum absolute atomic E-state index is 0.0976. The molecule has 0 saturated heterocycles. The van der Waals surface area contributed by atoms with E-state index in [0.717, 1.165) is 11.1 Å². The van der Waals surface area contributed by atoms with Crippen LogP contribution in [0.25, 0.3) is 0 Å². The summed E-state index contributed by atoms with van der Waals surface area (Å²) in [6, 6.07) is 10.4. The van der Waals surface area contributed by atoms with E-state index in [1.165, 1.54) is 10.4 Å². The van der Waals surface area contributed by atoms with Gasteiger partial charge in [-0.15, -0.1) is 0 Å². The van der Waals surface area contributed by atoms with E-state index in [9.17, 15) is 19.2 Å². The molecule has 0 fully saturated rings. The summed E-state index contributed by atoms with van der Waals surface area (Å²) >= 11 is 0. The number of anilines is 1. The van der Waals surface area contributed by atoms with Crippen LogP contribution in [0.2, 0.25) is 0 Å². The van der Waals surface area contributed by atoms with E-state index < -0.39 is 18.0 Å². The van der Waals surface area contributed by atoms with Crippen LogP contribution in [-0.2, 0) is 32.1 Å². The molecule has 4 N–H and O–H groups in total. The number of benzene rings is 2. The fourth-order valence-electron chi connectivity index (χ4n) is 4.77. The molecule has 1 aliphatic heterocycles. The number of nitrogens with zero attached hydrogens (tertiary/aromatic N) is 1. The number of rotatable bonds is 11. The number of methoxy groups -OCH3 is 1. The lowest BCUT2D eigenvalue weighted by molar-refractivity contribution is -0.144. The Labute approximate surface area is 246 Å². The van der Waals surface area contributed by atoms with Gasteiger partial charge in [0.05, 0.1) is 7.11 Å². The van der Waals surface area contributed by atoms with Gasteiger partial charge in [-0.3, -0.25) is 24.4 Å². The van der Waals surface area contributed by atoms with E-state index in [2.05, 4.69) is 10.6 Å². The highest BCUT2D eigenvalue weighted by Gasteiger charge is 2.40. The highest BCUT2D eigenvalue weighted by atomic mass is 16.5. The second kappa shape index (κ2) is 14.2. The summed E-state index contributed by atoms with van der Waals surface area (Å²) in [5, 5.41) is 14.6. The third-order valence-corrected chi connectivity index (χ3v) is 7.23. The van der Waals surface area contributed by atoms with E-state index >= 15 is 0 Å². The Morgan fingerprint density at radius 1 is 1.02 bits per heavy atom. The molecule has 2 aromatic rings. The van der Waals surface area contributed by atoms with Gasteiger partial charge in [-0.05, 0) is 58.9 Å². The Bertz CT molecular complexity index is 1270. The van der Waals surface area contributed by atoms with Gasteiger partial charge in [-0.25, -0.2) is 5.48 Å². The number of carbonyl (C=O) groups excluding carboxylic acids is 4. The lowest BCUT2D eigenvalue weighted by Crippen LogP contribution is -2.58. The number of carbonyl (C=O) groups is 4. The van der Waals surface area contributed by atoms with Crippen molar-refractivity contribution in [1.82, 2.24) is 15.7 Å². The van der Waals surface area contributed by atoms with Gasteiger partial charge in [-0.2, -0.15) is 0 Å². The summed E-state index contributed by atoms with van der Waals surface area (Å²) < 4.78 is 10.7. The van der Waals surface area contributed by atoms with Gasteiger partial charge in [0.25, 0.3) is 5.91 Å². The van der Waals surface area contributed by atoms with Crippen molar-refractivity contribution in [2.75, 3.05) is 19.0 Å². The molecule has 228 valence electrons. The van der Waals surface area contributed by atoms with Crippen molar-refractivity contribution in [1.29, 1.82) is 0 Å². The first-order valence-electron chi connectivity index (χ1n) is 14.1. The molecule has 0 radical (unpaired) electrons. The Balaban J connectivity index is 1.94. The summed E-state index contributed by atoms with van der Waals surface area (Å²) in [5.74, 6) is -0.796. The molecule has 0 aliphatic carbocycles. The van der Waals surface area contributed by atoms with Crippen LogP contribution in [0.4, 0.5) is 5.69 Å². The normalized spacial score (nSPS) is 16.0. The Kier molecular flexibility index (Phi) is 10.9. The average molecular weight is 583 g/mol. The van der Waals surface area contributed by atoms with Gasteiger partial charge in [0.1, 0.15) is 23.6 Å². The molecule has 1 aliphatic rings. The van der Waals surface area contributed by atoms with Crippen LogP contribution in [0.1, 0.15) is 58.6 Å². The summed E-state index contributed by atoms with van der Waals surface area (Å²) in [6.45, 7) is 9.43. The molecule has 2 aromatic carbocycles. The maximum Gasteiger partial charge on any atom is 0.281 e. The fourth-order valence-corrected chi connectivity index (χ4v) is 4.77. The highest BCUT2D eigenvalue weighted by molar-refractivity contribution is 5.99. The van der Waals surface area contributed by atoms with Crippen LogP contribution in [-0.4, -0.2) is 59.5 Å². The van der Waals surface area contributed by atoms with Crippen molar-refractivity contribution >= 4 is 29.3 Å². The first-order valence-corrected chi connectivity index (χ1v) is 14.1. The Morgan fingerprint density at radius 2 is 1.69 bits per heavy atom. The van der Waals surface area contributed by atoms with E-state index in [1.807, 2.05) is 34.6 Å². The van der Waals surface area contributed by atoms with Crippen molar-refractivity contribution < 1.29 is 33.9 Å². The SMILES string of the molecule is CCC(C)C(NC(=O)CC(C)(C)C)C(=O)N1Cc2cc(OCC(=O)NO)ccc2CC1C(=O)Nc1ccc(OC)cc1. The smallest absolute Gasteiger partial charge is 0.281 e. The topological polar surface area (TPSA) is 146 Å². The maximum absolute atomic E-state index is 14.2. The largest absolute Gasteiger partial charge is 0.497 e. The second-order valence-corrected chi connectivity index (χ2v) is 11.8. The van der Waals surface area contributed by atoms with Crippen molar-refractivity contribution in [2.24, 2.45) is 11.3 Å². The van der Waals surface area contributed by atoms with Crippen molar-refractivity contribution in [3.05, 3.63) is 53.6 Å². The van der Waals surface area contributed by atoms with Crippen LogP contribution in [0.15, 0.2) is 42.5 Å². The van der Waals surface area contributed by atoms with Gasteiger partial charge in [0.15, 0.2) is 6.61 Å². The van der Waals surface area contributed by atoms with Crippen LogP contribution in [0, 0.1) is 11.3 Å². The summed E-state index contributed by atoms with van der Waals surface area (Å²) in [7, 11) is 1.56. The molecule has 3 rings (SSSR count). The summed E-state index contributed by atoms with van der Waals surface area (Å²) in [6.07, 6.45) is 1.13. The number of nitrogens with one attached hydrogen (secondary N) is 3. The highest BCUT2D eigenvalue weighted by Crippen LogP contribution is 2.30.